The van der Waals surface area contributed by atoms with E-state index in [0.717, 1.165) is 46.3 Å². The second kappa shape index (κ2) is 6.72. The lowest BCUT2D eigenvalue weighted by Gasteiger charge is -2.11. The molecule has 0 spiro atoms. The van der Waals surface area contributed by atoms with Crippen LogP contribution in [0.3, 0.4) is 0 Å². The van der Waals surface area contributed by atoms with Crippen molar-refractivity contribution >= 4 is 11.3 Å². The Kier molecular flexibility index (Phi) is 4.98. The molecule has 0 aliphatic rings. The van der Waals surface area contributed by atoms with E-state index in [1.807, 2.05) is 19.2 Å². The van der Waals surface area contributed by atoms with Gasteiger partial charge < -0.3 is 14.8 Å². The van der Waals surface area contributed by atoms with E-state index in [0.29, 0.717) is 0 Å². The molecule has 2 aromatic rings. The zero-order valence-electron chi connectivity index (χ0n) is 12.3. The standard InChI is InChI=1S/C15H20N2O2S/c1-10-7-13(18-3)14(19-4)8-11(10)12-9-20-15(17-12)5-6-16-2/h7-9,16H,5-6H2,1-4H3. The summed E-state index contributed by atoms with van der Waals surface area (Å²) in [6.07, 6.45) is 0.952. The highest BCUT2D eigenvalue weighted by Crippen LogP contribution is 2.35. The van der Waals surface area contributed by atoms with E-state index in [1.165, 1.54) is 0 Å². The minimum atomic E-state index is 0.734. The van der Waals surface area contributed by atoms with Crippen molar-refractivity contribution in [2.75, 3.05) is 27.8 Å². The highest BCUT2D eigenvalue weighted by Gasteiger charge is 2.12. The molecule has 0 aliphatic carbocycles. The van der Waals surface area contributed by atoms with Crippen LogP contribution in [-0.2, 0) is 6.42 Å². The first-order valence-corrected chi connectivity index (χ1v) is 7.39. The van der Waals surface area contributed by atoms with Gasteiger partial charge in [0.25, 0.3) is 0 Å². The summed E-state index contributed by atoms with van der Waals surface area (Å²) in [5.74, 6) is 1.48. The van der Waals surface area contributed by atoms with E-state index in [-0.39, 0.29) is 0 Å². The summed E-state index contributed by atoms with van der Waals surface area (Å²) in [6.45, 7) is 3.00. The van der Waals surface area contributed by atoms with Crippen LogP contribution >= 0.6 is 11.3 Å². The quantitative estimate of drug-likeness (QED) is 0.889. The van der Waals surface area contributed by atoms with Crippen LogP contribution in [0.25, 0.3) is 11.3 Å². The minimum Gasteiger partial charge on any atom is -0.493 e. The first-order chi connectivity index (χ1) is 9.69. The monoisotopic (exact) mass is 292 g/mol. The molecule has 0 amide bonds. The topological polar surface area (TPSA) is 43.4 Å². The van der Waals surface area contributed by atoms with Crippen molar-refractivity contribution in [3.8, 4) is 22.8 Å². The summed E-state index contributed by atoms with van der Waals surface area (Å²) < 4.78 is 10.7. The van der Waals surface area contributed by atoms with Crippen LogP contribution in [0.5, 0.6) is 11.5 Å². The maximum absolute atomic E-state index is 5.37. The molecule has 1 aromatic carbocycles. The molecule has 0 unspecified atom stereocenters. The maximum Gasteiger partial charge on any atom is 0.161 e. The number of nitrogens with one attached hydrogen (secondary N) is 1. The van der Waals surface area contributed by atoms with E-state index in [1.54, 1.807) is 25.6 Å². The van der Waals surface area contributed by atoms with Gasteiger partial charge in [-0.1, -0.05) is 0 Å². The van der Waals surface area contributed by atoms with Crippen LogP contribution in [0.15, 0.2) is 17.5 Å². The highest BCUT2D eigenvalue weighted by atomic mass is 32.1. The van der Waals surface area contributed by atoms with Gasteiger partial charge in [0.05, 0.1) is 24.9 Å². The number of likely N-dealkylation sites (N-methyl/N-ethyl adjacent to an activating group) is 1. The molecule has 0 radical (unpaired) electrons. The summed E-state index contributed by atoms with van der Waals surface area (Å²) in [4.78, 5) is 4.69. The molecule has 1 aromatic heterocycles. The van der Waals surface area contributed by atoms with Crippen molar-refractivity contribution in [1.82, 2.24) is 10.3 Å². The first-order valence-electron chi connectivity index (χ1n) is 6.51. The van der Waals surface area contributed by atoms with E-state index >= 15 is 0 Å². The summed E-state index contributed by atoms with van der Waals surface area (Å²) >= 11 is 1.69. The maximum atomic E-state index is 5.37. The zero-order chi connectivity index (χ0) is 14.5. The van der Waals surface area contributed by atoms with Gasteiger partial charge in [0, 0.05) is 23.9 Å². The largest absolute Gasteiger partial charge is 0.493 e. The third-order valence-corrected chi connectivity index (χ3v) is 4.06. The second-order valence-electron chi connectivity index (χ2n) is 4.50. The van der Waals surface area contributed by atoms with E-state index in [9.17, 15) is 0 Å². The summed E-state index contributed by atoms with van der Waals surface area (Å²) in [5.41, 5.74) is 3.22. The SMILES string of the molecule is CNCCc1nc(-c2cc(OC)c(OC)cc2C)cs1. The summed E-state index contributed by atoms with van der Waals surface area (Å²) in [6, 6.07) is 3.98. The molecular formula is C15H20N2O2S. The van der Waals surface area contributed by atoms with Crippen molar-refractivity contribution in [2.24, 2.45) is 0 Å². The number of hydrogen-bond donors (Lipinski definition) is 1. The number of nitrogens with zero attached hydrogens (tertiary/aromatic N) is 1. The predicted molar refractivity (Wildman–Crippen MR) is 83.0 cm³/mol. The van der Waals surface area contributed by atoms with Crippen LogP contribution in [0, 0.1) is 6.92 Å². The van der Waals surface area contributed by atoms with Gasteiger partial charge in [0.2, 0.25) is 0 Å². The fraction of sp³-hybridized carbons (Fsp3) is 0.400. The van der Waals surface area contributed by atoms with Crippen LogP contribution in [0.2, 0.25) is 0 Å². The number of aryl methyl sites for hydroxylation is 1. The molecule has 4 nitrogen and oxygen atoms in total. The average Bonchev–Trinajstić information content (AvgIpc) is 2.93. The Hall–Kier alpha value is -1.59. The van der Waals surface area contributed by atoms with Gasteiger partial charge in [0.1, 0.15) is 0 Å². The van der Waals surface area contributed by atoms with E-state index in [4.69, 9.17) is 14.5 Å². The summed E-state index contributed by atoms with van der Waals surface area (Å²) in [5, 5.41) is 6.38. The van der Waals surface area contributed by atoms with Crippen LogP contribution < -0.4 is 14.8 Å². The third kappa shape index (κ3) is 3.11. The number of rotatable bonds is 6. The number of methoxy groups -OCH3 is 2. The molecule has 0 aliphatic heterocycles. The van der Waals surface area contributed by atoms with Crippen molar-refractivity contribution in [3.63, 3.8) is 0 Å². The fourth-order valence-electron chi connectivity index (χ4n) is 2.04. The van der Waals surface area contributed by atoms with E-state index < -0.39 is 0 Å². The lowest BCUT2D eigenvalue weighted by Crippen LogP contribution is -2.09. The number of benzene rings is 1. The van der Waals surface area contributed by atoms with E-state index in [2.05, 4.69) is 17.6 Å². The normalized spacial score (nSPS) is 10.6. The average molecular weight is 292 g/mol. The lowest BCUT2D eigenvalue weighted by molar-refractivity contribution is 0.355. The molecule has 5 heteroatoms. The smallest absolute Gasteiger partial charge is 0.161 e. The predicted octanol–water partition coefficient (Wildman–Crippen LogP) is 2.90. The molecule has 1 heterocycles. The van der Waals surface area contributed by atoms with Crippen molar-refractivity contribution in [2.45, 2.75) is 13.3 Å². The molecule has 1 N–H and O–H groups in total. The molecule has 0 saturated carbocycles. The van der Waals surface area contributed by atoms with Crippen molar-refractivity contribution in [3.05, 3.63) is 28.1 Å². The van der Waals surface area contributed by atoms with Gasteiger partial charge in [0.15, 0.2) is 11.5 Å². The third-order valence-electron chi connectivity index (χ3n) is 3.15. The number of ether oxygens (including phenoxy) is 2. The number of thiazole rings is 1. The number of aromatic nitrogens is 1. The first kappa shape index (κ1) is 14.8. The van der Waals surface area contributed by atoms with Gasteiger partial charge >= 0.3 is 0 Å². The lowest BCUT2D eigenvalue weighted by atomic mass is 10.1. The highest BCUT2D eigenvalue weighted by molar-refractivity contribution is 7.09. The fourth-order valence-corrected chi connectivity index (χ4v) is 2.84. The second-order valence-corrected chi connectivity index (χ2v) is 5.44. The Morgan fingerprint density at radius 1 is 1.20 bits per heavy atom. The Morgan fingerprint density at radius 3 is 2.55 bits per heavy atom. The molecular weight excluding hydrogens is 272 g/mol. The molecule has 2 rings (SSSR count). The Morgan fingerprint density at radius 2 is 1.90 bits per heavy atom. The van der Waals surface area contributed by atoms with Gasteiger partial charge in [-0.15, -0.1) is 11.3 Å². The number of hydrogen-bond acceptors (Lipinski definition) is 5. The molecule has 0 atom stereocenters. The molecule has 0 saturated heterocycles. The molecule has 0 fully saturated rings. The summed E-state index contributed by atoms with van der Waals surface area (Å²) in [7, 11) is 5.25. The molecule has 0 bridgehead atoms. The Labute approximate surface area is 123 Å². The van der Waals surface area contributed by atoms with Gasteiger partial charge in [-0.25, -0.2) is 4.98 Å². The van der Waals surface area contributed by atoms with Crippen molar-refractivity contribution in [1.29, 1.82) is 0 Å². The van der Waals surface area contributed by atoms with Crippen LogP contribution in [-0.4, -0.2) is 32.8 Å². The molecule has 108 valence electrons. The van der Waals surface area contributed by atoms with Crippen LogP contribution in [0.1, 0.15) is 10.6 Å². The zero-order valence-corrected chi connectivity index (χ0v) is 13.1. The van der Waals surface area contributed by atoms with Gasteiger partial charge in [-0.3, -0.25) is 0 Å². The van der Waals surface area contributed by atoms with Crippen molar-refractivity contribution < 1.29 is 9.47 Å². The Bertz CT molecular complexity index is 581. The minimum absolute atomic E-state index is 0.734. The van der Waals surface area contributed by atoms with Gasteiger partial charge in [-0.05, 0) is 31.7 Å². The van der Waals surface area contributed by atoms with Gasteiger partial charge in [-0.2, -0.15) is 0 Å². The van der Waals surface area contributed by atoms with Crippen LogP contribution in [0.4, 0.5) is 0 Å². The Balaban J connectivity index is 2.34. The molecule has 20 heavy (non-hydrogen) atoms.